The van der Waals surface area contributed by atoms with Gasteiger partial charge in [-0.15, -0.1) is 0 Å². The van der Waals surface area contributed by atoms with E-state index in [1.807, 2.05) is 0 Å². The lowest BCUT2D eigenvalue weighted by atomic mass is 9.75. The Morgan fingerprint density at radius 2 is 1.80 bits per heavy atom. The third-order valence-corrected chi connectivity index (χ3v) is 4.61. The highest BCUT2D eigenvalue weighted by atomic mass is 14.9. The second-order valence-electron chi connectivity index (χ2n) is 6.50. The minimum Gasteiger partial charge on any atom is -0.314 e. The van der Waals surface area contributed by atoms with Crippen LogP contribution in [0.25, 0.3) is 0 Å². The fourth-order valence-corrected chi connectivity index (χ4v) is 3.19. The molecule has 0 atom stereocenters. The van der Waals surface area contributed by atoms with Gasteiger partial charge in [-0.05, 0) is 44.2 Å². The number of benzene rings is 1. The van der Waals surface area contributed by atoms with Gasteiger partial charge in [0.2, 0.25) is 0 Å². The van der Waals surface area contributed by atoms with Gasteiger partial charge in [-0.2, -0.15) is 0 Å². The Morgan fingerprint density at radius 1 is 1.05 bits per heavy atom. The Labute approximate surface area is 125 Å². The molecule has 112 valence electrons. The van der Waals surface area contributed by atoms with E-state index >= 15 is 0 Å². The van der Waals surface area contributed by atoms with E-state index in [1.54, 1.807) is 5.56 Å². The maximum absolute atomic E-state index is 3.72. The molecular weight excluding hydrogens is 242 g/mol. The largest absolute Gasteiger partial charge is 0.314 e. The predicted octanol–water partition coefficient (Wildman–Crippen LogP) is 5.19. The second kappa shape index (κ2) is 8.46. The van der Waals surface area contributed by atoms with Crippen molar-refractivity contribution < 1.29 is 0 Å². The summed E-state index contributed by atoms with van der Waals surface area (Å²) in [6, 6.07) is 9.81. The first kappa shape index (κ1) is 15.6. The van der Waals surface area contributed by atoms with Crippen LogP contribution in [0.15, 0.2) is 24.3 Å². The molecule has 0 aliphatic heterocycles. The second-order valence-corrected chi connectivity index (χ2v) is 6.50. The Morgan fingerprint density at radius 3 is 2.55 bits per heavy atom. The first-order valence-electron chi connectivity index (χ1n) is 8.59. The third-order valence-electron chi connectivity index (χ3n) is 4.61. The van der Waals surface area contributed by atoms with Gasteiger partial charge < -0.3 is 5.32 Å². The maximum atomic E-state index is 3.72. The van der Waals surface area contributed by atoms with Gasteiger partial charge in [0.25, 0.3) is 0 Å². The molecule has 1 fully saturated rings. The van der Waals surface area contributed by atoms with Crippen LogP contribution < -0.4 is 5.32 Å². The van der Waals surface area contributed by atoms with Gasteiger partial charge in [0.15, 0.2) is 0 Å². The summed E-state index contributed by atoms with van der Waals surface area (Å²) in [5, 5.41) is 3.72. The van der Waals surface area contributed by atoms with Crippen LogP contribution in [0, 0.1) is 6.92 Å². The Kier molecular flexibility index (Phi) is 6.59. The van der Waals surface area contributed by atoms with Crippen molar-refractivity contribution in [2.45, 2.75) is 77.2 Å². The monoisotopic (exact) mass is 273 g/mol. The smallest absolute Gasteiger partial charge is 0.00787 e. The van der Waals surface area contributed by atoms with Crippen LogP contribution in [0.4, 0.5) is 0 Å². The molecular formula is C19H31N. The average Bonchev–Trinajstić information content (AvgIpc) is 2.39. The van der Waals surface area contributed by atoms with Crippen molar-refractivity contribution in [3.63, 3.8) is 0 Å². The fourth-order valence-electron chi connectivity index (χ4n) is 3.19. The molecule has 1 heteroatoms. The molecule has 0 radical (unpaired) electrons. The lowest BCUT2D eigenvalue weighted by Crippen LogP contribution is -2.40. The SMILES string of the molecule is CCCCCCCCNC1CC(c2cccc(C)c2)C1. The highest BCUT2D eigenvalue weighted by Crippen LogP contribution is 2.37. The van der Waals surface area contributed by atoms with E-state index in [4.69, 9.17) is 0 Å². The maximum Gasteiger partial charge on any atom is 0.00787 e. The van der Waals surface area contributed by atoms with E-state index in [1.165, 1.54) is 63.5 Å². The van der Waals surface area contributed by atoms with Gasteiger partial charge in [0, 0.05) is 6.04 Å². The molecule has 1 aliphatic rings. The Hall–Kier alpha value is -0.820. The van der Waals surface area contributed by atoms with Crippen LogP contribution >= 0.6 is 0 Å². The zero-order valence-electron chi connectivity index (χ0n) is 13.3. The summed E-state index contributed by atoms with van der Waals surface area (Å²) >= 11 is 0. The molecule has 1 aromatic rings. The number of aryl methyl sites for hydroxylation is 1. The van der Waals surface area contributed by atoms with E-state index in [2.05, 4.69) is 43.4 Å². The normalized spacial score (nSPS) is 21.7. The minimum atomic E-state index is 0.774. The standard InChI is InChI=1S/C19H31N/c1-3-4-5-6-7-8-12-20-19-14-18(15-19)17-11-9-10-16(2)13-17/h9-11,13,18-20H,3-8,12,14-15H2,1-2H3. The topological polar surface area (TPSA) is 12.0 Å². The molecule has 1 nitrogen and oxygen atoms in total. The van der Waals surface area contributed by atoms with E-state index < -0.39 is 0 Å². The lowest BCUT2D eigenvalue weighted by molar-refractivity contribution is 0.289. The van der Waals surface area contributed by atoms with E-state index in [9.17, 15) is 0 Å². The predicted molar refractivity (Wildman–Crippen MR) is 88.3 cm³/mol. The van der Waals surface area contributed by atoms with Crippen molar-refractivity contribution in [2.75, 3.05) is 6.54 Å². The summed E-state index contributed by atoms with van der Waals surface area (Å²) in [6.45, 7) is 5.69. The van der Waals surface area contributed by atoms with Gasteiger partial charge in [0.1, 0.15) is 0 Å². The van der Waals surface area contributed by atoms with Gasteiger partial charge in [-0.25, -0.2) is 0 Å². The van der Waals surface area contributed by atoms with Crippen LogP contribution in [0.2, 0.25) is 0 Å². The van der Waals surface area contributed by atoms with Crippen molar-refractivity contribution in [1.29, 1.82) is 0 Å². The molecule has 2 rings (SSSR count). The minimum absolute atomic E-state index is 0.774. The number of hydrogen-bond acceptors (Lipinski definition) is 1. The van der Waals surface area contributed by atoms with Crippen LogP contribution in [0.5, 0.6) is 0 Å². The summed E-state index contributed by atoms with van der Waals surface area (Å²) in [7, 11) is 0. The summed E-state index contributed by atoms with van der Waals surface area (Å²) in [5.41, 5.74) is 2.94. The van der Waals surface area contributed by atoms with Crippen molar-refractivity contribution in [3.8, 4) is 0 Å². The molecule has 1 aromatic carbocycles. The Balaban J connectivity index is 1.52. The highest BCUT2D eigenvalue weighted by Gasteiger charge is 2.29. The molecule has 0 bridgehead atoms. The molecule has 0 saturated heterocycles. The van der Waals surface area contributed by atoms with Crippen LogP contribution in [0.3, 0.4) is 0 Å². The fraction of sp³-hybridized carbons (Fsp3) is 0.684. The molecule has 0 unspecified atom stereocenters. The van der Waals surface area contributed by atoms with Gasteiger partial charge >= 0.3 is 0 Å². The summed E-state index contributed by atoms with van der Waals surface area (Å²) < 4.78 is 0. The van der Waals surface area contributed by atoms with Gasteiger partial charge in [0.05, 0.1) is 0 Å². The molecule has 1 aliphatic carbocycles. The molecule has 20 heavy (non-hydrogen) atoms. The number of nitrogens with one attached hydrogen (secondary N) is 1. The summed E-state index contributed by atoms with van der Waals surface area (Å²) in [4.78, 5) is 0. The molecule has 1 N–H and O–H groups in total. The number of unbranched alkanes of at least 4 members (excludes halogenated alkanes) is 5. The van der Waals surface area contributed by atoms with Crippen LogP contribution in [-0.4, -0.2) is 12.6 Å². The molecule has 1 saturated carbocycles. The zero-order chi connectivity index (χ0) is 14.2. The first-order valence-corrected chi connectivity index (χ1v) is 8.59. The van der Waals surface area contributed by atoms with E-state index in [0.29, 0.717) is 0 Å². The Bertz CT molecular complexity index is 379. The van der Waals surface area contributed by atoms with Crippen LogP contribution in [0.1, 0.15) is 75.3 Å². The lowest BCUT2D eigenvalue weighted by Gasteiger charge is -2.36. The van der Waals surface area contributed by atoms with Crippen molar-refractivity contribution in [1.82, 2.24) is 5.32 Å². The first-order chi connectivity index (χ1) is 9.79. The number of rotatable bonds is 9. The van der Waals surface area contributed by atoms with Gasteiger partial charge in [-0.3, -0.25) is 0 Å². The van der Waals surface area contributed by atoms with Crippen molar-refractivity contribution >= 4 is 0 Å². The third kappa shape index (κ3) is 4.94. The van der Waals surface area contributed by atoms with Crippen molar-refractivity contribution in [3.05, 3.63) is 35.4 Å². The zero-order valence-corrected chi connectivity index (χ0v) is 13.3. The molecule has 0 aromatic heterocycles. The quantitative estimate of drug-likeness (QED) is 0.610. The molecule has 0 heterocycles. The summed E-state index contributed by atoms with van der Waals surface area (Å²) in [5.74, 6) is 0.803. The van der Waals surface area contributed by atoms with E-state index in [0.717, 1.165) is 12.0 Å². The number of hydrogen-bond donors (Lipinski definition) is 1. The highest BCUT2D eigenvalue weighted by molar-refractivity contribution is 5.27. The molecule has 0 spiro atoms. The van der Waals surface area contributed by atoms with Crippen molar-refractivity contribution in [2.24, 2.45) is 0 Å². The van der Waals surface area contributed by atoms with E-state index in [-0.39, 0.29) is 0 Å². The van der Waals surface area contributed by atoms with Gasteiger partial charge in [-0.1, -0.05) is 68.9 Å². The average molecular weight is 273 g/mol. The summed E-state index contributed by atoms with van der Waals surface area (Å²) in [6.07, 6.45) is 11.0. The molecule has 0 amide bonds. The van der Waals surface area contributed by atoms with Crippen LogP contribution in [-0.2, 0) is 0 Å².